The number of carbonyl (C=O) groups is 1. The van der Waals surface area contributed by atoms with E-state index in [1.165, 1.54) is 7.05 Å². The number of aryl methyl sites for hydroxylation is 1. The number of nitrogens with zero attached hydrogens (tertiary/aromatic N) is 2. The van der Waals surface area contributed by atoms with Crippen LogP contribution >= 0.6 is 0 Å². The van der Waals surface area contributed by atoms with Crippen molar-refractivity contribution in [2.45, 2.75) is 25.3 Å². The fraction of sp³-hybridized carbons (Fsp3) is 0.636. The molecule has 1 aromatic rings. The van der Waals surface area contributed by atoms with Crippen molar-refractivity contribution in [3.63, 3.8) is 0 Å². The molecule has 6 nitrogen and oxygen atoms in total. The number of hydrogen-bond acceptors (Lipinski definition) is 4. The average Bonchev–Trinajstić information content (AvgIpc) is 2.71. The zero-order chi connectivity index (χ0) is 14.9. The largest absolute Gasteiger partial charge is 0.435 e. The Labute approximate surface area is 112 Å². The quantitative estimate of drug-likeness (QED) is 0.889. The minimum absolute atomic E-state index is 0.0521. The Bertz CT molecular complexity index is 501. The van der Waals surface area contributed by atoms with Gasteiger partial charge >= 0.3 is 6.18 Å². The van der Waals surface area contributed by atoms with Gasteiger partial charge in [-0.05, 0) is 6.92 Å². The maximum absolute atomic E-state index is 12.5. The first kappa shape index (κ1) is 14.8. The molecule has 2 rings (SSSR count). The zero-order valence-electron chi connectivity index (χ0n) is 10.9. The van der Waals surface area contributed by atoms with Crippen LogP contribution in [-0.2, 0) is 27.5 Å². The first-order chi connectivity index (χ1) is 9.29. The molecule has 1 fully saturated rings. The first-order valence-corrected chi connectivity index (χ1v) is 5.94. The number of rotatable bonds is 2. The molecule has 0 saturated carbocycles. The molecule has 0 spiro atoms. The van der Waals surface area contributed by atoms with Gasteiger partial charge in [0.05, 0.1) is 19.3 Å². The summed E-state index contributed by atoms with van der Waals surface area (Å²) in [6.07, 6.45) is -5.87. The summed E-state index contributed by atoms with van der Waals surface area (Å²) in [5, 5.41) is 5.66. The van der Waals surface area contributed by atoms with Gasteiger partial charge in [-0.15, -0.1) is 0 Å². The van der Waals surface area contributed by atoms with Gasteiger partial charge in [-0.3, -0.25) is 9.48 Å². The zero-order valence-corrected chi connectivity index (χ0v) is 10.9. The molecule has 2 atom stereocenters. The monoisotopic (exact) mass is 293 g/mol. The molecular formula is C11H14F3N3O3. The summed E-state index contributed by atoms with van der Waals surface area (Å²) in [6.45, 7) is 2.31. The molecule has 1 aliphatic heterocycles. The highest BCUT2D eigenvalue weighted by Gasteiger charge is 2.35. The van der Waals surface area contributed by atoms with Crippen LogP contribution in [0.25, 0.3) is 0 Å². The first-order valence-electron chi connectivity index (χ1n) is 5.94. The lowest BCUT2D eigenvalue weighted by Crippen LogP contribution is -2.45. The predicted molar refractivity (Wildman–Crippen MR) is 62.0 cm³/mol. The van der Waals surface area contributed by atoms with Gasteiger partial charge in [0, 0.05) is 13.1 Å². The topological polar surface area (TPSA) is 65.4 Å². The highest BCUT2D eigenvalue weighted by molar-refractivity contribution is 5.94. The van der Waals surface area contributed by atoms with E-state index in [0.29, 0.717) is 6.61 Å². The maximum atomic E-state index is 12.5. The van der Waals surface area contributed by atoms with E-state index in [0.717, 1.165) is 10.7 Å². The van der Waals surface area contributed by atoms with Crippen molar-refractivity contribution in [3.8, 4) is 0 Å². The van der Waals surface area contributed by atoms with E-state index in [9.17, 15) is 18.0 Å². The highest BCUT2D eigenvalue weighted by atomic mass is 19.4. The molecule has 0 radical (unpaired) electrons. The van der Waals surface area contributed by atoms with Gasteiger partial charge in [-0.1, -0.05) is 0 Å². The fourth-order valence-corrected chi connectivity index (χ4v) is 1.84. The molecule has 0 unspecified atom stereocenters. The summed E-state index contributed by atoms with van der Waals surface area (Å²) < 4.78 is 49.0. The molecule has 1 aromatic heterocycles. The summed E-state index contributed by atoms with van der Waals surface area (Å²) >= 11 is 0. The Morgan fingerprint density at radius 1 is 1.45 bits per heavy atom. The van der Waals surface area contributed by atoms with Crippen LogP contribution in [0.1, 0.15) is 12.6 Å². The van der Waals surface area contributed by atoms with Crippen LogP contribution in [0.4, 0.5) is 19.0 Å². The molecule has 0 bridgehead atoms. The van der Waals surface area contributed by atoms with Crippen molar-refractivity contribution in [1.29, 1.82) is 0 Å². The summed E-state index contributed by atoms with van der Waals surface area (Å²) in [6, 6.07) is 0.770. The molecule has 1 aliphatic rings. The van der Waals surface area contributed by atoms with Crippen molar-refractivity contribution < 1.29 is 27.4 Å². The van der Waals surface area contributed by atoms with E-state index in [1.54, 1.807) is 6.92 Å². The molecular weight excluding hydrogens is 279 g/mol. The third-order valence-corrected chi connectivity index (χ3v) is 2.87. The average molecular weight is 293 g/mol. The minimum atomic E-state index is -4.56. The van der Waals surface area contributed by atoms with Gasteiger partial charge in [-0.2, -0.15) is 18.3 Å². The Hall–Kier alpha value is -1.61. The van der Waals surface area contributed by atoms with Crippen molar-refractivity contribution in [1.82, 2.24) is 9.78 Å². The predicted octanol–water partition coefficient (Wildman–Crippen LogP) is 1.18. The number of ether oxygens (including phenoxy) is 2. The molecule has 20 heavy (non-hydrogen) atoms. The van der Waals surface area contributed by atoms with E-state index in [1.807, 2.05) is 0 Å². The molecule has 1 saturated heterocycles. The summed E-state index contributed by atoms with van der Waals surface area (Å²) in [5.41, 5.74) is -1.07. The number of hydrogen-bond donors (Lipinski definition) is 1. The molecule has 0 aromatic carbocycles. The second-order valence-electron chi connectivity index (χ2n) is 4.39. The van der Waals surface area contributed by atoms with Gasteiger partial charge in [0.15, 0.2) is 11.8 Å². The van der Waals surface area contributed by atoms with Crippen LogP contribution in [0.15, 0.2) is 6.07 Å². The van der Waals surface area contributed by atoms with Crippen LogP contribution in [0.3, 0.4) is 0 Å². The number of alkyl halides is 3. The van der Waals surface area contributed by atoms with E-state index in [4.69, 9.17) is 9.47 Å². The lowest BCUT2D eigenvalue weighted by molar-refractivity contribution is -0.157. The third kappa shape index (κ3) is 3.10. The second kappa shape index (κ2) is 5.41. The molecule has 112 valence electrons. The molecule has 2 heterocycles. The number of nitrogens with one attached hydrogen (secondary N) is 1. The van der Waals surface area contributed by atoms with E-state index < -0.39 is 30.0 Å². The Kier molecular flexibility index (Phi) is 4.00. The number of halogens is 3. The van der Waals surface area contributed by atoms with Crippen molar-refractivity contribution in [3.05, 3.63) is 11.8 Å². The van der Waals surface area contributed by atoms with Gasteiger partial charge in [0.2, 0.25) is 0 Å². The van der Waals surface area contributed by atoms with Crippen LogP contribution in [0.5, 0.6) is 0 Å². The van der Waals surface area contributed by atoms with Crippen molar-refractivity contribution >= 4 is 11.7 Å². The number of aromatic nitrogens is 2. The van der Waals surface area contributed by atoms with Crippen molar-refractivity contribution in [2.24, 2.45) is 7.05 Å². The Balaban J connectivity index is 2.10. The molecule has 0 aliphatic carbocycles. The van der Waals surface area contributed by atoms with Gasteiger partial charge in [0.1, 0.15) is 5.82 Å². The highest BCUT2D eigenvalue weighted by Crippen LogP contribution is 2.29. The van der Waals surface area contributed by atoms with Crippen LogP contribution in [-0.4, -0.2) is 41.1 Å². The maximum Gasteiger partial charge on any atom is 0.435 e. The Morgan fingerprint density at radius 3 is 2.65 bits per heavy atom. The Morgan fingerprint density at radius 2 is 2.10 bits per heavy atom. The SMILES string of the molecule is C[C@@H]1OCCO[C@@H]1C(=O)Nc1cc(C(F)(F)F)nn1C. The smallest absolute Gasteiger partial charge is 0.373 e. The van der Waals surface area contributed by atoms with Crippen LogP contribution in [0.2, 0.25) is 0 Å². The van der Waals surface area contributed by atoms with Gasteiger partial charge in [0.25, 0.3) is 5.91 Å². The number of amides is 1. The molecule has 1 amide bonds. The summed E-state index contributed by atoms with van der Waals surface area (Å²) in [7, 11) is 1.31. The molecule has 9 heteroatoms. The van der Waals surface area contributed by atoms with Crippen molar-refractivity contribution in [2.75, 3.05) is 18.5 Å². The minimum Gasteiger partial charge on any atom is -0.373 e. The van der Waals surface area contributed by atoms with E-state index in [2.05, 4.69) is 10.4 Å². The fourth-order valence-electron chi connectivity index (χ4n) is 1.84. The molecule has 1 N–H and O–H groups in total. The van der Waals surface area contributed by atoms with Gasteiger partial charge < -0.3 is 14.8 Å². The van der Waals surface area contributed by atoms with Crippen LogP contribution < -0.4 is 5.32 Å². The standard InChI is InChI=1S/C11H14F3N3O3/c1-6-9(20-4-3-19-6)10(18)15-8-5-7(11(12,13)14)16-17(8)2/h5-6,9H,3-4H2,1-2H3,(H,15,18)/t6-,9-/m0/s1. The van der Waals surface area contributed by atoms with Gasteiger partial charge in [-0.25, -0.2) is 0 Å². The normalized spacial score (nSPS) is 23.6. The third-order valence-electron chi connectivity index (χ3n) is 2.87. The lowest BCUT2D eigenvalue weighted by atomic mass is 10.2. The van der Waals surface area contributed by atoms with E-state index in [-0.39, 0.29) is 12.4 Å². The van der Waals surface area contributed by atoms with E-state index >= 15 is 0 Å². The summed E-state index contributed by atoms with van der Waals surface area (Å²) in [4.78, 5) is 12.0. The van der Waals surface area contributed by atoms with Crippen LogP contribution in [0, 0.1) is 0 Å². The lowest BCUT2D eigenvalue weighted by Gasteiger charge is -2.28. The second-order valence-corrected chi connectivity index (χ2v) is 4.39. The number of carbonyl (C=O) groups excluding carboxylic acids is 1. The number of anilines is 1. The summed E-state index contributed by atoms with van der Waals surface area (Å²) in [5.74, 6) is -0.613.